The molecule has 21 heavy (non-hydrogen) atoms. The molecule has 0 heterocycles. The lowest BCUT2D eigenvalue weighted by Crippen LogP contribution is -2.07. The zero-order valence-corrected chi connectivity index (χ0v) is 12.0. The molecule has 0 aliphatic rings. The number of rotatable bonds is 4. The molecule has 0 saturated heterocycles. The number of nitrogens with one attached hydrogen (secondary N) is 1. The van der Waals surface area contributed by atoms with Crippen LogP contribution in [-0.4, -0.2) is 0 Å². The molecule has 0 unspecified atom stereocenters. The second-order valence-electron chi connectivity index (χ2n) is 5.33. The van der Waals surface area contributed by atoms with Crippen LogP contribution in [0.4, 0.5) is 18.9 Å². The Bertz CT molecular complexity index is 603. The van der Waals surface area contributed by atoms with E-state index in [1.54, 1.807) is 6.07 Å². The molecule has 0 saturated carbocycles. The molecule has 0 atom stereocenters. The third kappa shape index (κ3) is 4.25. The monoisotopic (exact) mass is 293 g/mol. The van der Waals surface area contributed by atoms with E-state index < -0.39 is 11.7 Å². The Morgan fingerprint density at radius 3 is 2.38 bits per heavy atom. The maximum Gasteiger partial charge on any atom is 0.416 e. The van der Waals surface area contributed by atoms with Gasteiger partial charge in [0.15, 0.2) is 0 Å². The van der Waals surface area contributed by atoms with Crippen molar-refractivity contribution < 1.29 is 13.2 Å². The van der Waals surface area contributed by atoms with Crippen molar-refractivity contribution in [3.8, 4) is 0 Å². The van der Waals surface area contributed by atoms with E-state index in [-0.39, 0.29) is 0 Å². The summed E-state index contributed by atoms with van der Waals surface area (Å²) in [5.41, 5.74) is 2.11. The molecule has 2 rings (SSSR count). The van der Waals surface area contributed by atoms with E-state index in [9.17, 15) is 13.2 Å². The molecule has 0 fully saturated rings. The van der Waals surface area contributed by atoms with Crippen molar-refractivity contribution in [1.82, 2.24) is 0 Å². The fraction of sp³-hybridized carbons (Fsp3) is 0.294. The van der Waals surface area contributed by atoms with Gasteiger partial charge in [-0.15, -0.1) is 0 Å². The van der Waals surface area contributed by atoms with Gasteiger partial charge in [-0.25, -0.2) is 0 Å². The molecular formula is C17H18F3N. The minimum Gasteiger partial charge on any atom is -0.381 e. The summed E-state index contributed by atoms with van der Waals surface area (Å²) in [5.74, 6) is 0.417. The Labute approximate surface area is 122 Å². The highest BCUT2D eigenvalue weighted by molar-refractivity contribution is 5.47. The van der Waals surface area contributed by atoms with Crippen LogP contribution in [0.3, 0.4) is 0 Å². The molecule has 4 heteroatoms. The molecule has 0 spiro atoms. The van der Waals surface area contributed by atoms with E-state index in [1.165, 1.54) is 17.7 Å². The lowest BCUT2D eigenvalue weighted by Gasteiger charge is -2.12. The number of anilines is 1. The van der Waals surface area contributed by atoms with E-state index >= 15 is 0 Å². The van der Waals surface area contributed by atoms with Gasteiger partial charge in [0.1, 0.15) is 0 Å². The summed E-state index contributed by atoms with van der Waals surface area (Å²) < 4.78 is 38.0. The first-order valence-corrected chi connectivity index (χ1v) is 6.86. The average molecular weight is 293 g/mol. The molecule has 112 valence electrons. The Morgan fingerprint density at radius 2 is 1.71 bits per heavy atom. The second-order valence-corrected chi connectivity index (χ2v) is 5.33. The zero-order valence-electron chi connectivity index (χ0n) is 12.0. The van der Waals surface area contributed by atoms with Crippen molar-refractivity contribution in [2.45, 2.75) is 32.5 Å². The lowest BCUT2D eigenvalue weighted by atomic mass is 10.0. The average Bonchev–Trinajstić information content (AvgIpc) is 2.45. The van der Waals surface area contributed by atoms with Gasteiger partial charge >= 0.3 is 6.18 Å². The molecule has 0 radical (unpaired) electrons. The minimum atomic E-state index is -4.30. The van der Waals surface area contributed by atoms with Crippen LogP contribution in [-0.2, 0) is 12.7 Å². The summed E-state index contributed by atoms with van der Waals surface area (Å²) in [6, 6.07) is 13.3. The molecule has 2 aromatic rings. The molecule has 0 bridgehead atoms. The Kier molecular flexibility index (Phi) is 4.56. The van der Waals surface area contributed by atoms with Crippen molar-refractivity contribution in [2.24, 2.45) is 0 Å². The summed E-state index contributed by atoms with van der Waals surface area (Å²) in [6.07, 6.45) is -4.30. The van der Waals surface area contributed by atoms with Crippen LogP contribution in [0.2, 0.25) is 0 Å². The van der Waals surface area contributed by atoms with E-state index in [4.69, 9.17) is 0 Å². The van der Waals surface area contributed by atoms with E-state index in [0.29, 0.717) is 18.0 Å². The van der Waals surface area contributed by atoms with Crippen LogP contribution in [0.25, 0.3) is 0 Å². The highest BCUT2D eigenvalue weighted by Gasteiger charge is 2.30. The summed E-state index contributed by atoms with van der Waals surface area (Å²) in [7, 11) is 0. The first kappa shape index (κ1) is 15.4. The van der Waals surface area contributed by atoms with Crippen LogP contribution in [0.1, 0.15) is 36.5 Å². The molecular weight excluding hydrogens is 275 g/mol. The SMILES string of the molecule is CC(C)c1cccc(NCc2cccc(C(F)(F)F)c2)c1. The van der Waals surface area contributed by atoms with Crippen LogP contribution in [0, 0.1) is 0 Å². The van der Waals surface area contributed by atoms with Gasteiger partial charge in [0.2, 0.25) is 0 Å². The number of halogens is 3. The predicted molar refractivity (Wildman–Crippen MR) is 79.3 cm³/mol. The standard InChI is InChI=1S/C17H18F3N/c1-12(2)14-6-4-8-16(10-14)21-11-13-5-3-7-15(9-13)17(18,19)20/h3-10,12,21H,11H2,1-2H3. The van der Waals surface area contributed by atoms with Crippen LogP contribution in [0.5, 0.6) is 0 Å². The molecule has 0 amide bonds. The van der Waals surface area contributed by atoms with Crippen molar-refractivity contribution in [2.75, 3.05) is 5.32 Å². The molecule has 0 aromatic heterocycles. The molecule has 0 aliphatic carbocycles. The predicted octanol–water partition coefficient (Wildman–Crippen LogP) is 5.44. The minimum absolute atomic E-state index is 0.367. The van der Waals surface area contributed by atoms with Crippen molar-refractivity contribution >= 4 is 5.69 Å². The van der Waals surface area contributed by atoms with Crippen LogP contribution in [0.15, 0.2) is 48.5 Å². The van der Waals surface area contributed by atoms with Gasteiger partial charge in [-0.1, -0.05) is 38.1 Å². The third-order valence-corrected chi connectivity index (χ3v) is 3.30. The van der Waals surface area contributed by atoms with E-state index in [1.807, 2.05) is 24.3 Å². The third-order valence-electron chi connectivity index (χ3n) is 3.30. The van der Waals surface area contributed by atoms with Crippen molar-refractivity contribution in [1.29, 1.82) is 0 Å². The first-order chi connectivity index (χ1) is 9.86. The van der Waals surface area contributed by atoms with E-state index in [0.717, 1.165) is 11.8 Å². The number of alkyl halides is 3. The Morgan fingerprint density at radius 1 is 1.00 bits per heavy atom. The number of benzene rings is 2. The quantitative estimate of drug-likeness (QED) is 0.791. The van der Waals surface area contributed by atoms with Crippen molar-refractivity contribution in [3.63, 3.8) is 0 Å². The Balaban J connectivity index is 2.08. The summed E-state index contributed by atoms with van der Waals surface area (Å²) in [5, 5.41) is 3.17. The van der Waals surface area contributed by atoms with Gasteiger partial charge < -0.3 is 5.32 Å². The maximum absolute atomic E-state index is 12.7. The number of hydrogen-bond donors (Lipinski definition) is 1. The van der Waals surface area contributed by atoms with Crippen molar-refractivity contribution in [3.05, 3.63) is 65.2 Å². The van der Waals surface area contributed by atoms with Gasteiger partial charge in [0.05, 0.1) is 5.56 Å². The van der Waals surface area contributed by atoms with Gasteiger partial charge in [-0.05, 0) is 41.3 Å². The molecule has 0 aliphatic heterocycles. The van der Waals surface area contributed by atoms with Gasteiger partial charge in [-0.2, -0.15) is 13.2 Å². The molecule has 1 N–H and O–H groups in total. The highest BCUT2D eigenvalue weighted by atomic mass is 19.4. The molecule has 2 aromatic carbocycles. The topological polar surface area (TPSA) is 12.0 Å². The summed E-state index contributed by atoms with van der Waals surface area (Å²) in [6.45, 7) is 4.57. The highest BCUT2D eigenvalue weighted by Crippen LogP contribution is 2.29. The number of hydrogen-bond acceptors (Lipinski definition) is 1. The second kappa shape index (κ2) is 6.20. The van der Waals surface area contributed by atoms with Gasteiger partial charge in [-0.3, -0.25) is 0 Å². The zero-order chi connectivity index (χ0) is 15.5. The van der Waals surface area contributed by atoms with Gasteiger partial charge in [0.25, 0.3) is 0 Å². The smallest absolute Gasteiger partial charge is 0.381 e. The van der Waals surface area contributed by atoms with E-state index in [2.05, 4.69) is 19.2 Å². The normalized spacial score (nSPS) is 11.7. The largest absolute Gasteiger partial charge is 0.416 e. The van der Waals surface area contributed by atoms with Crippen LogP contribution >= 0.6 is 0 Å². The van der Waals surface area contributed by atoms with Crippen LogP contribution < -0.4 is 5.32 Å². The lowest BCUT2D eigenvalue weighted by molar-refractivity contribution is -0.137. The fourth-order valence-electron chi connectivity index (χ4n) is 2.07. The van der Waals surface area contributed by atoms with Gasteiger partial charge in [0, 0.05) is 12.2 Å². The summed E-state index contributed by atoms with van der Waals surface area (Å²) >= 11 is 0. The first-order valence-electron chi connectivity index (χ1n) is 6.86. The fourth-order valence-corrected chi connectivity index (χ4v) is 2.07. The maximum atomic E-state index is 12.7. The Hall–Kier alpha value is -1.97. The molecule has 1 nitrogen and oxygen atoms in total. The summed E-state index contributed by atoms with van der Waals surface area (Å²) in [4.78, 5) is 0.